The van der Waals surface area contributed by atoms with E-state index in [-0.39, 0.29) is 22.2 Å². The van der Waals surface area contributed by atoms with E-state index in [1.807, 2.05) is 0 Å². The van der Waals surface area contributed by atoms with E-state index in [0.29, 0.717) is 5.76 Å². The Kier molecular flexibility index (Phi) is 5.25. The van der Waals surface area contributed by atoms with Crippen molar-refractivity contribution >= 4 is 26.0 Å². The van der Waals surface area contributed by atoms with E-state index in [9.17, 15) is 8.42 Å². The number of piperidine rings is 1. The summed E-state index contributed by atoms with van der Waals surface area (Å²) < 4.78 is 33.0. The predicted octanol–water partition coefficient (Wildman–Crippen LogP) is 1.26. The Balaban J connectivity index is 2.12. The highest BCUT2D eigenvalue weighted by Crippen LogP contribution is 2.26. The standard InChI is InChI=1S/C12H20BrN3O3S/c1-2-16-5-3-4-9(8-16)15-20(17,18)11-6-10(7-14)19-12(11)13/h6,9,15H,2-5,7-8,14H2,1H3. The lowest BCUT2D eigenvalue weighted by Crippen LogP contribution is -2.47. The molecule has 8 heteroatoms. The molecule has 114 valence electrons. The second kappa shape index (κ2) is 6.57. The van der Waals surface area contributed by atoms with E-state index in [4.69, 9.17) is 10.2 Å². The number of nitrogens with one attached hydrogen (secondary N) is 1. The maximum absolute atomic E-state index is 12.4. The van der Waals surface area contributed by atoms with Crippen molar-refractivity contribution in [2.24, 2.45) is 5.73 Å². The number of rotatable bonds is 5. The summed E-state index contributed by atoms with van der Waals surface area (Å²) in [5, 5.41) is 0. The van der Waals surface area contributed by atoms with Crippen molar-refractivity contribution < 1.29 is 12.8 Å². The molecule has 0 spiro atoms. The number of nitrogens with zero attached hydrogens (tertiary/aromatic N) is 1. The molecule has 1 unspecified atom stereocenters. The molecule has 0 bridgehead atoms. The smallest absolute Gasteiger partial charge is 0.245 e. The molecule has 1 aliphatic heterocycles. The molecule has 1 fully saturated rings. The van der Waals surface area contributed by atoms with E-state index in [1.165, 1.54) is 6.07 Å². The number of likely N-dealkylation sites (tertiary alicyclic amines) is 1. The van der Waals surface area contributed by atoms with Crippen molar-refractivity contribution in [2.45, 2.75) is 37.2 Å². The van der Waals surface area contributed by atoms with Crippen LogP contribution in [0.15, 0.2) is 20.0 Å². The number of furan rings is 1. The van der Waals surface area contributed by atoms with Crippen LogP contribution in [0.3, 0.4) is 0 Å². The van der Waals surface area contributed by atoms with E-state index in [0.717, 1.165) is 32.5 Å². The summed E-state index contributed by atoms with van der Waals surface area (Å²) in [6.45, 7) is 4.96. The summed E-state index contributed by atoms with van der Waals surface area (Å²) in [6, 6.07) is 1.41. The number of hydrogen-bond acceptors (Lipinski definition) is 5. The zero-order valence-corrected chi connectivity index (χ0v) is 13.8. The van der Waals surface area contributed by atoms with Gasteiger partial charge in [0.1, 0.15) is 10.7 Å². The molecular formula is C12H20BrN3O3S. The van der Waals surface area contributed by atoms with Gasteiger partial charge in [-0.05, 0) is 41.9 Å². The van der Waals surface area contributed by atoms with Gasteiger partial charge >= 0.3 is 0 Å². The van der Waals surface area contributed by atoms with Crippen molar-refractivity contribution in [2.75, 3.05) is 19.6 Å². The van der Waals surface area contributed by atoms with Crippen LogP contribution in [0.2, 0.25) is 0 Å². The second-order valence-electron chi connectivity index (χ2n) is 4.91. The predicted molar refractivity (Wildman–Crippen MR) is 79.8 cm³/mol. The molecule has 1 atom stereocenters. The fourth-order valence-corrected chi connectivity index (χ4v) is 4.66. The Morgan fingerprint density at radius 2 is 2.35 bits per heavy atom. The number of hydrogen-bond donors (Lipinski definition) is 2. The molecule has 0 saturated carbocycles. The molecule has 0 radical (unpaired) electrons. The normalized spacial score (nSPS) is 21.2. The molecule has 0 aliphatic carbocycles. The van der Waals surface area contributed by atoms with E-state index < -0.39 is 10.0 Å². The first-order valence-electron chi connectivity index (χ1n) is 6.69. The Labute approximate surface area is 127 Å². The second-order valence-corrected chi connectivity index (χ2v) is 7.31. The zero-order valence-electron chi connectivity index (χ0n) is 11.4. The van der Waals surface area contributed by atoms with E-state index in [2.05, 4.69) is 32.5 Å². The Morgan fingerprint density at radius 3 is 2.95 bits per heavy atom. The molecule has 1 aromatic heterocycles. The summed E-state index contributed by atoms with van der Waals surface area (Å²) in [7, 11) is -3.58. The fraction of sp³-hybridized carbons (Fsp3) is 0.667. The molecule has 6 nitrogen and oxygen atoms in total. The average Bonchev–Trinajstić information content (AvgIpc) is 2.80. The van der Waals surface area contributed by atoms with Crippen LogP contribution in [0.1, 0.15) is 25.5 Å². The monoisotopic (exact) mass is 365 g/mol. The number of halogens is 1. The lowest BCUT2D eigenvalue weighted by atomic mass is 10.1. The van der Waals surface area contributed by atoms with Crippen molar-refractivity contribution in [1.29, 1.82) is 0 Å². The lowest BCUT2D eigenvalue weighted by Gasteiger charge is -2.31. The third-order valence-corrected chi connectivity index (χ3v) is 5.85. The van der Waals surface area contributed by atoms with Gasteiger partial charge in [0.05, 0.1) is 6.54 Å². The highest BCUT2D eigenvalue weighted by molar-refractivity contribution is 9.10. The Bertz CT molecular complexity index is 558. The first-order chi connectivity index (χ1) is 9.46. The minimum atomic E-state index is -3.58. The van der Waals surface area contributed by atoms with E-state index >= 15 is 0 Å². The molecule has 0 amide bonds. The maximum Gasteiger partial charge on any atom is 0.245 e. The summed E-state index contributed by atoms with van der Waals surface area (Å²) in [4.78, 5) is 2.36. The third-order valence-electron chi connectivity index (χ3n) is 3.47. The number of sulfonamides is 1. The molecule has 20 heavy (non-hydrogen) atoms. The van der Waals surface area contributed by atoms with Crippen molar-refractivity contribution in [1.82, 2.24) is 9.62 Å². The van der Waals surface area contributed by atoms with Gasteiger partial charge in [0, 0.05) is 18.7 Å². The van der Waals surface area contributed by atoms with Gasteiger partial charge in [0.25, 0.3) is 0 Å². The van der Waals surface area contributed by atoms with Crippen LogP contribution in [-0.4, -0.2) is 39.0 Å². The maximum atomic E-state index is 12.4. The molecule has 1 saturated heterocycles. The van der Waals surface area contributed by atoms with Crippen LogP contribution in [0, 0.1) is 0 Å². The van der Waals surface area contributed by atoms with Crippen LogP contribution in [0.5, 0.6) is 0 Å². The van der Waals surface area contributed by atoms with Crippen molar-refractivity contribution in [3.05, 3.63) is 16.5 Å². The van der Waals surface area contributed by atoms with Gasteiger partial charge in [-0.1, -0.05) is 6.92 Å². The SMILES string of the molecule is CCN1CCCC(NS(=O)(=O)c2cc(CN)oc2Br)C1. The Morgan fingerprint density at radius 1 is 1.60 bits per heavy atom. The molecule has 0 aromatic carbocycles. The van der Waals surface area contributed by atoms with Crippen molar-refractivity contribution in [3.8, 4) is 0 Å². The molecule has 2 rings (SSSR count). The first kappa shape index (κ1) is 16.0. The summed E-state index contributed by atoms with van der Waals surface area (Å²) in [5.41, 5.74) is 5.46. The van der Waals surface area contributed by atoms with Crippen LogP contribution >= 0.6 is 15.9 Å². The summed E-state index contributed by atoms with van der Waals surface area (Å²) >= 11 is 3.13. The highest BCUT2D eigenvalue weighted by Gasteiger charge is 2.27. The minimum Gasteiger partial charge on any atom is -0.452 e. The topological polar surface area (TPSA) is 88.6 Å². The molecule has 1 aliphatic rings. The van der Waals surface area contributed by atoms with Gasteiger partial charge < -0.3 is 15.1 Å². The van der Waals surface area contributed by atoms with Gasteiger partial charge in [0.15, 0.2) is 4.67 Å². The number of nitrogens with two attached hydrogens (primary N) is 1. The third kappa shape index (κ3) is 3.62. The van der Waals surface area contributed by atoms with Crippen LogP contribution in [0.25, 0.3) is 0 Å². The molecule has 2 heterocycles. The van der Waals surface area contributed by atoms with Crippen molar-refractivity contribution in [3.63, 3.8) is 0 Å². The van der Waals surface area contributed by atoms with Gasteiger partial charge in [-0.3, -0.25) is 0 Å². The lowest BCUT2D eigenvalue weighted by molar-refractivity contribution is 0.211. The Hall–Kier alpha value is -0.410. The fourth-order valence-electron chi connectivity index (χ4n) is 2.40. The summed E-state index contributed by atoms with van der Waals surface area (Å²) in [5.74, 6) is 0.441. The molecule has 1 aromatic rings. The molecular weight excluding hydrogens is 346 g/mol. The van der Waals surface area contributed by atoms with Crippen LogP contribution in [0.4, 0.5) is 0 Å². The number of likely N-dealkylation sites (N-methyl/N-ethyl adjacent to an activating group) is 1. The summed E-state index contributed by atoms with van der Waals surface area (Å²) in [6.07, 6.45) is 1.86. The van der Waals surface area contributed by atoms with Crippen LogP contribution < -0.4 is 10.5 Å². The minimum absolute atomic E-state index is 0.0585. The van der Waals surface area contributed by atoms with Crippen LogP contribution in [-0.2, 0) is 16.6 Å². The first-order valence-corrected chi connectivity index (χ1v) is 8.97. The molecule has 3 N–H and O–H groups in total. The van der Waals surface area contributed by atoms with Gasteiger partial charge in [-0.2, -0.15) is 0 Å². The highest BCUT2D eigenvalue weighted by atomic mass is 79.9. The van der Waals surface area contributed by atoms with Gasteiger partial charge in [-0.15, -0.1) is 0 Å². The van der Waals surface area contributed by atoms with Gasteiger partial charge in [0.2, 0.25) is 10.0 Å². The van der Waals surface area contributed by atoms with E-state index in [1.54, 1.807) is 0 Å². The quantitative estimate of drug-likeness (QED) is 0.819. The zero-order chi connectivity index (χ0) is 14.8. The average molecular weight is 366 g/mol. The largest absolute Gasteiger partial charge is 0.452 e. The van der Waals surface area contributed by atoms with Gasteiger partial charge in [-0.25, -0.2) is 13.1 Å².